The van der Waals surface area contributed by atoms with Gasteiger partial charge in [0.2, 0.25) is 11.8 Å². The third kappa shape index (κ3) is 8.18. The van der Waals surface area contributed by atoms with Crippen molar-refractivity contribution < 1.29 is 43.4 Å². The van der Waals surface area contributed by atoms with Gasteiger partial charge in [0.25, 0.3) is 5.91 Å². The lowest BCUT2D eigenvalue weighted by molar-refractivity contribution is -0.906. The largest absolute Gasteiger partial charge is 0.445 e. The molecular weight excluding hydrogens is 570 g/mol. The van der Waals surface area contributed by atoms with Crippen molar-refractivity contribution in [3.8, 4) is 0 Å². The minimum atomic E-state index is -1.88. The van der Waals surface area contributed by atoms with Gasteiger partial charge in [-0.1, -0.05) is 60.7 Å². The number of nitrogens with two attached hydrogens (primary N) is 2. The number of nitrogens with one attached hydrogen (secondary N) is 2. The SMILES string of the molecule is CC(C)(C)[N+]1(C(=O)[C@@H](O)[C@H](Cc2ccccc2)NC(=O)[C@H](CC(N)=O)NC(=O)OCc2ccccc2)C[C@H](O)C[C@H]1C(N)=O. The number of alkyl carbamates (subject to hydrolysis) is 1. The average molecular weight is 613 g/mol. The molecule has 44 heavy (non-hydrogen) atoms. The standard InChI is InChI=1S/C31H41N5O8/c1-31(2,3)36(17-21(37)15-24(36)27(33)40)29(42)26(39)22(14-19-10-6-4-7-11-19)34-28(41)23(16-25(32)38)35-30(43)44-18-20-12-8-5-9-13-20/h4-13,21-24,26,37,39H,14-18H2,1-3H3,(H5-,32,33,34,35,38,40,41,43)/p+1/t21-,22+,23+,24+,26+,36?/m1/s1. The molecule has 0 spiro atoms. The maximum absolute atomic E-state index is 14.2. The number of hydrogen-bond donors (Lipinski definition) is 6. The van der Waals surface area contributed by atoms with Crippen molar-refractivity contribution in [2.45, 2.75) is 82.5 Å². The zero-order valence-corrected chi connectivity index (χ0v) is 25.1. The molecule has 0 radical (unpaired) electrons. The molecule has 238 valence electrons. The van der Waals surface area contributed by atoms with Crippen molar-refractivity contribution in [3.05, 3.63) is 71.8 Å². The topological polar surface area (TPSA) is 211 Å². The first-order valence-corrected chi connectivity index (χ1v) is 14.3. The van der Waals surface area contributed by atoms with Crippen molar-refractivity contribution in [1.29, 1.82) is 0 Å². The summed E-state index contributed by atoms with van der Waals surface area (Å²) in [6.45, 7) is 4.83. The van der Waals surface area contributed by atoms with E-state index in [4.69, 9.17) is 16.2 Å². The Morgan fingerprint density at radius 2 is 1.52 bits per heavy atom. The van der Waals surface area contributed by atoms with Crippen LogP contribution < -0.4 is 22.1 Å². The molecule has 0 bridgehead atoms. The van der Waals surface area contributed by atoms with E-state index in [-0.39, 0.29) is 26.0 Å². The summed E-state index contributed by atoms with van der Waals surface area (Å²) in [7, 11) is 0. The summed E-state index contributed by atoms with van der Waals surface area (Å²) in [6.07, 6.45) is -4.60. The monoisotopic (exact) mass is 612 g/mol. The Balaban J connectivity index is 1.89. The predicted octanol–water partition coefficient (Wildman–Crippen LogP) is 0.00560. The van der Waals surface area contributed by atoms with Crippen molar-refractivity contribution in [2.24, 2.45) is 11.5 Å². The zero-order chi connectivity index (χ0) is 32.7. The Hall–Kier alpha value is -4.33. The lowest BCUT2D eigenvalue weighted by Crippen LogP contribution is -2.73. The second kappa shape index (κ2) is 14.4. The number of primary amides is 2. The van der Waals surface area contributed by atoms with E-state index in [9.17, 15) is 34.2 Å². The molecule has 1 heterocycles. The highest BCUT2D eigenvalue weighted by atomic mass is 16.5. The fourth-order valence-electron chi connectivity index (χ4n) is 5.74. The van der Waals surface area contributed by atoms with Gasteiger partial charge in [-0.2, -0.15) is 0 Å². The van der Waals surface area contributed by atoms with Gasteiger partial charge in [-0.25, -0.2) is 14.1 Å². The van der Waals surface area contributed by atoms with E-state index < -0.39 is 76.5 Å². The smallest absolute Gasteiger partial charge is 0.408 e. The number of amides is 5. The molecule has 1 aliphatic rings. The highest BCUT2D eigenvalue weighted by Gasteiger charge is 2.62. The van der Waals surface area contributed by atoms with Crippen LogP contribution in [0.15, 0.2) is 60.7 Å². The molecule has 2 aromatic carbocycles. The zero-order valence-electron chi connectivity index (χ0n) is 25.1. The Morgan fingerprint density at radius 1 is 0.955 bits per heavy atom. The molecule has 0 aliphatic carbocycles. The molecule has 1 unspecified atom stereocenters. The van der Waals surface area contributed by atoms with E-state index in [2.05, 4.69) is 10.6 Å². The third-order valence-corrected chi connectivity index (χ3v) is 7.93. The van der Waals surface area contributed by atoms with Gasteiger partial charge in [-0.05, 0) is 38.3 Å². The van der Waals surface area contributed by atoms with Gasteiger partial charge in [-0.15, -0.1) is 0 Å². The van der Waals surface area contributed by atoms with Crippen LogP contribution in [0.1, 0.15) is 44.7 Å². The molecule has 2 aromatic rings. The first-order valence-electron chi connectivity index (χ1n) is 14.3. The van der Waals surface area contributed by atoms with Gasteiger partial charge < -0.3 is 37.1 Å². The summed E-state index contributed by atoms with van der Waals surface area (Å²) in [5.74, 6) is -3.41. The van der Waals surface area contributed by atoms with Crippen LogP contribution in [-0.2, 0) is 36.9 Å². The second-order valence-electron chi connectivity index (χ2n) is 12.0. The summed E-state index contributed by atoms with van der Waals surface area (Å²) < 4.78 is 4.55. The molecule has 1 saturated heterocycles. The van der Waals surface area contributed by atoms with Gasteiger partial charge in [-0.3, -0.25) is 14.4 Å². The minimum absolute atomic E-state index is 0.0326. The molecule has 6 atom stereocenters. The summed E-state index contributed by atoms with van der Waals surface area (Å²) >= 11 is 0. The summed E-state index contributed by atoms with van der Waals surface area (Å²) in [6, 6.07) is 13.6. The summed E-state index contributed by atoms with van der Waals surface area (Å²) in [5.41, 5.74) is 11.4. The Kier molecular flexibility index (Phi) is 11.2. The molecule has 0 saturated carbocycles. The minimum Gasteiger partial charge on any atom is -0.445 e. The number of nitrogens with zero attached hydrogens (tertiary/aromatic N) is 1. The number of carbonyl (C=O) groups is 5. The summed E-state index contributed by atoms with van der Waals surface area (Å²) in [4.78, 5) is 64.6. The van der Waals surface area contributed by atoms with Crippen molar-refractivity contribution in [3.63, 3.8) is 0 Å². The number of benzene rings is 2. The van der Waals surface area contributed by atoms with Crippen LogP contribution in [0.3, 0.4) is 0 Å². The quantitative estimate of drug-likeness (QED) is 0.179. The van der Waals surface area contributed by atoms with Crippen molar-refractivity contribution >= 4 is 29.7 Å². The molecule has 0 aromatic heterocycles. The third-order valence-electron chi connectivity index (χ3n) is 7.93. The van der Waals surface area contributed by atoms with Crippen LogP contribution in [0.4, 0.5) is 4.79 Å². The number of carbonyl (C=O) groups excluding carboxylic acids is 5. The lowest BCUT2D eigenvalue weighted by atomic mass is 9.93. The Labute approximate surface area is 256 Å². The Morgan fingerprint density at radius 3 is 2.05 bits per heavy atom. The van der Waals surface area contributed by atoms with Crippen LogP contribution >= 0.6 is 0 Å². The van der Waals surface area contributed by atoms with Crippen molar-refractivity contribution in [2.75, 3.05) is 6.54 Å². The second-order valence-corrected chi connectivity index (χ2v) is 12.0. The number of hydrogen-bond acceptors (Lipinski definition) is 8. The molecule has 1 aliphatic heterocycles. The van der Waals surface area contributed by atoms with Crippen LogP contribution in [-0.4, -0.2) is 86.8 Å². The average Bonchev–Trinajstić information content (AvgIpc) is 3.34. The molecule has 5 amide bonds. The molecule has 1 fully saturated rings. The van der Waals surface area contributed by atoms with Gasteiger partial charge >= 0.3 is 12.0 Å². The van der Waals surface area contributed by atoms with Gasteiger partial charge in [0.1, 0.15) is 25.3 Å². The predicted molar refractivity (Wildman–Crippen MR) is 159 cm³/mol. The number of ether oxygens (including phenoxy) is 1. The van der Waals surface area contributed by atoms with Crippen LogP contribution in [0.25, 0.3) is 0 Å². The fourth-order valence-corrected chi connectivity index (χ4v) is 5.74. The number of aliphatic hydroxyl groups excluding tert-OH is 2. The van der Waals surface area contributed by atoms with Gasteiger partial charge in [0.05, 0.1) is 18.0 Å². The number of rotatable bonds is 12. The highest BCUT2D eigenvalue weighted by Crippen LogP contribution is 2.38. The number of aliphatic hydroxyl groups is 2. The normalized spacial score (nSPS) is 21.8. The molecule has 13 nitrogen and oxygen atoms in total. The van der Waals surface area contributed by atoms with Crippen molar-refractivity contribution in [1.82, 2.24) is 10.6 Å². The molecular formula is C31H42N5O8+. The summed E-state index contributed by atoms with van der Waals surface area (Å²) in [5, 5.41) is 27.1. The first kappa shape index (κ1) is 34.2. The van der Waals surface area contributed by atoms with Crippen LogP contribution in [0.2, 0.25) is 0 Å². The highest BCUT2D eigenvalue weighted by molar-refractivity contribution is 5.91. The van der Waals surface area contributed by atoms with Crippen LogP contribution in [0.5, 0.6) is 0 Å². The van der Waals surface area contributed by atoms with E-state index in [0.717, 1.165) is 0 Å². The van der Waals surface area contributed by atoms with E-state index in [1.165, 1.54) is 0 Å². The Bertz CT molecular complexity index is 1330. The van der Waals surface area contributed by atoms with E-state index in [1.54, 1.807) is 81.4 Å². The maximum atomic E-state index is 14.2. The van der Waals surface area contributed by atoms with E-state index >= 15 is 0 Å². The fraction of sp³-hybridized carbons (Fsp3) is 0.452. The lowest BCUT2D eigenvalue weighted by Gasteiger charge is -2.47. The van der Waals surface area contributed by atoms with Gasteiger partial charge in [0, 0.05) is 6.42 Å². The number of likely N-dealkylation sites (tertiary alicyclic amines) is 1. The number of quaternary nitrogens is 1. The van der Waals surface area contributed by atoms with Crippen LogP contribution in [0, 0.1) is 0 Å². The first-order chi connectivity index (χ1) is 20.7. The maximum Gasteiger partial charge on any atom is 0.408 e. The molecule has 3 rings (SSSR count). The van der Waals surface area contributed by atoms with E-state index in [1.807, 2.05) is 0 Å². The van der Waals surface area contributed by atoms with Gasteiger partial charge in [0.15, 0.2) is 12.1 Å². The molecule has 13 heteroatoms. The van der Waals surface area contributed by atoms with E-state index in [0.29, 0.717) is 11.1 Å². The molecule has 8 N–H and O–H groups in total.